The Morgan fingerprint density at radius 2 is 1.88 bits per heavy atom. The molecule has 0 spiro atoms. The van der Waals surface area contributed by atoms with Crippen LogP contribution in [0, 0.1) is 11.8 Å². The SMILES string of the molecule is CCNC(=NCCNC(=O)C(C)C)N1CCC(Cc2ccccc2)CC1. The highest BCUT2D eigenvalue weighted by molar-refractivity contribution is 5.80. The Hall–Kier alpha value is -2.04. The number of hydrogen-bond acceptors (Lipinski definition) is 2. The zero-order valence-corrected chi connectivity index (χ0v) is 16.5. The van der Waals surface area contributed by atoms with Crippen LogP contribution in [-0.2, 0) is 11.2 Å². The van der Waals surface area contributed by atoms with E-state index in [2.05, 4.69) is 52.8 Å². The lowest BCUT2D eigenvalue weighted by Gasteiger charge is -2.34. The summed E-state index contributed by atoms with van der Waals surface area (Å²) < 4.78 is 0. The van der Waals surface area contributed by atoms with Gasteiger partial charge in [0.15, 0.2) is 5.96 Å². The van der Waals surface area contributed by atoms with E-state index in [9.17, 15) is 4.79 Å². The molecule has 0 saturated carbocycles. The van der Waals surface area contributed by atoms with Crippen molar-refractivity contribution in [1.29, 1.82) is 0 Å². The van der Waals surface area contributed by atoms with Gasteiger partial charge in [0.25, 0.3) is 0 Å². The standard InChI is InChI=1S/C21H34N4O/c1-4-22-21(24-13-12-23-20(26)17(2)3)25-14-10-19(11-15-25)16-18-8-6-5-7-9-18/h5-9,17,19H,4,10-16H2,1-3H3,(H,22,24)(H,23,26). The number of guanidine groups is 1. The Bertz CT molecular complexity index is 563. The molecule has 26 heavy (non-hydrogen) atoms. The molecule has 1 amide bonds. The van der Waals surface area contributed by atoms with Gasteiger partial charge in [-0.15, -0.1) is 0 Å². The summed E-state index contributed by atoms with van der Waals surface area (Å²) in [6.07, 6.45) is 3.57. The summed E-state index contributed by atoms with van der Waals surface area (Å²) >= 11 is 0. The molecule has 1 fully saturated rings. The Labute approximate surface area is 158 Å². The number of hydrogen-bond donors (Lipinski definition) is 2. The number of amides is 1. The zero-order chi connectivity index (χ0) is 18.8. The molecule has 5 nitrogen and oxygen atoms in total. The van der Waals surface area contributed by atoms with Gasteiger partial charge < -0.3 is 15.5 Å². The molecule has 1 aromatic carbocycles. The van der Waals surface area contributed by atoms with Gasteiger partial charge in [-0.1, -0.05) is 44.2 Å². The molecule has 144 valence electrons. The van der Waals surface area contributed by atoms with E-state index in [1.54, 1.807) is 0 Å². The molecule has 1 saturated heterocycles. The predicted octanol–water partition coefficient (Wildman–Crippen LogP) is 2.68. The lowest BCUT2D eigenvalue weighted by molar-refractivity contribution is -0.123. The molecule has 0 radical (unpaired) electrons. The molecule has 2 rings (SSSR count). The second-order valence-electron chi connectivity index (χ2n) is 7.30. The van der Waals surface area contributed by atoms with Gasteiger partial charge in [-0.05, 0) is 37.7 Å². The molecule has 2 N–H and O–H groups in total. The van der Waals surface area contributed by atoms with Gasteiger partial charge >= 0.3 is 0 Å². The monoisotopic (exact) mass is 358 g/mol. The van der Waals surface area contributed by atoms with Crippen molar-refractivity contribution in [3.05, 3.63) is 35.9 Å². The quantitative estimate of drug-likeness (QED) is 0.448. The number of carbonyl (C=O) groups is 1. The van der Waals surface area contributed by atoms with Crippen molar-refractivity contribution in [3.8, 4) is 0 Å². The molecule has 0 bridgehead atoms. The van der Waals surface area contributed by atoms with E-state index >= 15 is 0 Å². The maximum Gasteiger partial charge on any atom is 0.222 e. The Morgan fingerprint density at radius 3 is 2.50 bits per heavy atom. The maximum absolute atomic E-state index is 11.6. The third-order valence-corrected chi connectivity index (χ3v) is 4.81. The molecular weight excluding hydrogens is 324 g/mol. The van der Waals surface area contributed by atoms with Gasteiger partial charge in [0.05, 0.1) is 6.54 Å². The Balaban J connectivity index is 1.79. The number of rotatable bonds is 7. The van der Waals surface area contributed by atoms with Crippen molar-refractivity contribution < 1.29 is 4.79 Å². The van der Waals surface area contributed by atoms with Crippen LogP contribution in [0.5, 0.6) is 0 Å². The first-order valence-corrected chi connectivity index (χ1v) is 9.95. The molecule has 1 aliphatic rings. The minimum absolute atomic E-state index is 0.0239. The fourth-order valence-electron chi connectivity index (χ4n) is 3.27. The summed E-state index contributed by atoms with van der Waals surface area (Å²) in [5, 5.41) is 6.32. The average Bonchev–Trinajstić information content (AvgIpc) is 2.65. The van der Waals surface area contributed by atoms with Gasteiger partial charge in [-0.25, -0.2) is 0 Å². The normalized spacial score (nSPS) is 16.0. The van der Waals surface area contributed by atoms with E-state index in [0.717, 1.165) is 31.5 Å². The van der Waals surface area contributed by atoms with Crippen LogP contribution in [0.1, 0.15) is 39.2 Å². The second-order valence-corrected chi connectivity index (χ2v) is 7.30. The van der Waals surface area contributed by atoms with Crippen LogP contribution in [0.3, 0.4) is 0 Å². The topological polar surface area (TPSA) is 56.7 Å². The first kappa shape index (κ1) is 20.3. The molecular formula is C21H34N4O. The minimum Gasteiger partial charge on any atom is -0.357 e. The van der Waals surface area contributed by atoms with Gasteiger partial charge in [0.1, 0.15) is 0 Å². The van der Waals surface area contributed by atoms with E-state index in [1.165, 1.54) is 24.8 Å². The summed E-state index contributed by atoms with van der Waals surface area (Å²) in [5.74, 6) is 1.84. The van der Waals surface area contributed by atoms with Gasteiger partial charge in [0, 0.05) is 32.1 Å². The van der Waals surface area contributed by atoms with Gasteiger partial charge in [-0.2, -0.15) is 0 Å². The minimum atomic E-state index is 0.0239. The predicted molar refractivity (Wildman–Crippen MR) is 108 cm³/mol. The van der Waals surface area contributed by atoms with Crippen molar-refractivity contribution in [2.24, 2.45) is 16.8 Å². The molecule has 1 aliphatic heterocycles. The molecule has 5 heteroatoms. The van der Waals surface area contributed by atoms with Crippen LogP contribution in [0.2, 0.25) is 0 Å². The van der Waals surface area contributed by atoms with Crippen molar-refractivity contribution in [2.75, 3.05) is 32.7 Å². The van der Waals surface area contributed by atoms with Crippen LogP contribution in [0.25, 0.3) is 0 Å². The summed E-state index contributed by atoms with van der Waals surface area (Å²) in [6.45, 7) is 10.1. The Morgan fingerprint density at radius 1 is 1.19 bits per heavy atom. The number of carbonyl (C=O) groups excluding carboxylic acids is 1. The summed E-state index contributed by atoms with van der Waals surface area (Å²) in [7, 11) is 0. The lowest BCUT2D eigenvalue weighted by atomic mass is 9.90. The van der Waals surface area contributed by atoms with Crippen molar-refractivity contribution in [3.63, 3.8) is 0 Å². The average molecular weight is 359 g/mol. The van der Waals surface area contributed by atoms with Crippen LogP contribution in [0.15, 0.2) is 35.3 Å². The molecule has 1 aromatic rings. The molecule has 0 aromatic heterocycles. The molecule has 0 aliphatic carbocycles. The number of likely N-dealkylation sites (tertiary alicyclic amines) is 1. The van der Waals surface area contributed by atoms with E-state index in [0.29, 0.717) is 13.1 Å². The van der Waals surface area contributed by atoms with E-state index in [-0.39, 0.29) is 11.8 Å². The first-order valence-electron chi connectivity index (χ1n) is 9.95. The van der Waals surface area contributed by atoms with Crippen molar-refractivity contribution >= 4 is 11.9 Å². The number of nitrogens with one attached hydrogen (secondary N) is 2. The highest BCUT2D eigenvalue weighted by Gasteiger charge is 2.21. The van der Waals surface area contributed by atoms with Crippen molar-refractivity contribution in [1.82, 2.24) is 15.5 Å². The van der Waals surface area contributed by atoms with Crippen LogP contribution in [-0.4, -0.2) is 49.5 Å². The van der Waals surface area contributed by atoms with Crippen LogP contribution < -0.4 is 10.6 Å². The largest absolute Gasteiger partial charge is 0.357 e. The fourth-order valence-corrected chi connectivity index (χ4v) is 3.27. The fraction of sp³-hybridized carbons (Fsp3) is 0.619. The zero-order valence-electron chi connectivity index (χ0n) is 16.5. The number of nitrogens with zero attached hydrogens (tertiary/aromatic N) is 2. The van der Waals surface area contributed by atoms with Crippen molar-refractivity contribution in [2.45, 2.75) is 40.0 Å². The third-order valence-electron chi connectivity index (χ3n) is 4.81. The lowest BCUT2D eigenvalue weighted by Crippen LogP contribution is -2.46. The van der Waals surface area contributed by atoms with E-state index in [4.69, 9.17) is 4.99 Å². The number of aliphatic imine (C=N–C) groups is 1. The van der Waals surface area contributed by atoms with E-state index in [1.807, 2.05) is 13.8 Å². The molecule has 0 atom stereocenters. The van der Waals surface area contributed by atoms with Crippen LogP contribution in [0.4, 0.5) is 0 Å². The number of piperidine rings is 1. The third kappa shape index (κ3) is 6.70. The van der Waals surface area contributed by atoms with Crippen LogP contribution >= 0.6 is 0 Å². The molecule has 1 heterocycles. The van der Waals surface area contributed by atoms with Gasteiger partial charge in [0.2, 0.25) is 5.91 Å². The van der Waals surface area contributed by atoms with E-state index < -0.39 is 0 Å². The first-order chi connectivity index (χ1) is 12.6. The summed E-state index contributed by atoms with van der Waals surface area (Å²) in [4.78, 5) is 18.7. The summed E-state index contributed by atoms with van der Waals surface area (Å²) in [6, 6.07) is 10.8. The number of benzene rings is 1. The summed E-state index contributed by atoms with van der Waals surface area (Å²) in [5.41, 5.74) is 1.44. The molecule has 0 unspecified atom stereocenters. The highest BCUT2D eigenvalue weighted by Crippen LogP contribution is 2.21. The Kier molecular flexibility index (Phi) is 8.45. The second kappa shape index (κ2) is 10.8. The maximum atomic E-state index is 11.6. The smallest absolute Gasteiger partial charge is 0.222 e. The van der Waals surface area contributed by atoms with Gasteiger partial charge in [-0.3, -0.25) is 9.79 Å². The highest BCUT2D eigenvalue weighted by atomic mass is 16.1.